The maximum atomic E-state index is 11.0. The van der Waals surface area contributed by atoms with Crippen LogP contribution in [0.4, 0.5) is 0 Å². The van der Waals surface area contributed by atoms with Gasteiger partial charge in [-0.2, -0.15) is 0 Å². The summed E-state index contributed by atoms with van der Waals surface area (Å²) >= 11 is 0. The van der Waals surface area contributed by atoms with Gasteiger partial charge in [-0.3, -0.25) is 9.59 Å². The lowest BCUT2D eigenvalue weighted by Crippen LogP contribution is -2.16. The molecular weight excluding hydrogens is 236 g/mol. The van der Waals surface area contributed by atoms with Crippen molar-refractivity contribution in [1.82, 2.24) is 4.98 Å². The molecule has 0 saturated carbocycles. The van der Waals surface area contributed by atoms with Crippen LogP contribution in [0.3, 0.4) is 0 Å². The lowest BCUT2D eigenvalue weighted by molar-refractivity contribution is -0.132. The average Bonchev–Trinajstić information content (AvgIpc) is 2.29. The van der Waals surface area contributed by atoms with Gasteiger partial charge >= 0.3 is 5.97 Å². The molecule has 0 unspecified atom stereocenters. The molecule has 1 rings (SSSR count). The van der Waals surface area contributed by atoms with E-state index in [-0.39, 0.29) is 17.2 Å². The number of nitrogens with zero attached hydrogens (tertiary/aromatic N) is 1. The van der Waals surface area contributed by atoms with Crippen molar-refractivity contribution in [2.24, 2.45) is 5.73 Å². The van der Waals surface area contributed by atoms with E-state index in [0.29, 0.717) is 0 Å². The lowest BCUT2D eigenvalue weighted by Gasteiger charge is -2.09. The zero-order chi connectivity index (χ0) is 14.1. The van der Waals surface area contributed by atoms with E-state index in [1.807, 2.05) is 0 Å². The molecule has 6 heteroatoms. The van der Waals surface area contributed by atoms with E-state index in [1.54, 1.807) is 0 Å². The molecule has 1 aromatic heterocycles. The second-order valence-corrected chi connectivity index (χ2v) is 3.36. The van der Waals surface area contributed by atoms with Gasteiger partial charge in [-0.15, -0.1) is 0 Å². The number of carbonyl (C=O) groups is 2. The predicted molar refractivity (Wildman–Crippen MR) is 66.6 cm³/mol. The number of nitrogens with two attached hydrogens (primary N) is 1. The van der Waals surface area contributed by atoms with Gasteiger partial charge in [0.25, 0.3) is 5.91 Å². The highest BCUT2D eigenvalue weighted by atomic mass is 16.6. The Hall–Kier alpha value is -2.11. The number of hydrogen-bond acceptors (Lipinski definition) is 5. The van der Waals surface area contributed by atoms with E-state index in [1.165, 1.54) is 32.7 Å². The van der Waals surface area contributed by atoms with Crippen molar-refractivity contribution in [3.05, 3.63) is 18.0 Å². The number of rotatable bonds is 3. The Balaban J connectivity index is 0.000000873. The van der Waals surface area contributed by atoms with Crippen molar-refractivity contribution in [3.8, 4) is 11.5 Å². The molecule has 0 aliphatic rings. The van der Waals surface area contributed by atoms with E-state index in [9.17, 15) is 9.59 Å². The SMILES string of the molecule is CCC.COc1ccnc(C(N)=O)c1OC(C)=O. The number of pyridine rings is 1. The number of hydrogen-bond donors (Lipinski definition) is 1. The predicted octanol–water partition coefficient (Wildman–Crippen LogP) is 1.53. The maximum Gasteiger partial charge on any atom is 0.308 e. The maximum absolute atomic E-state index is 11.0. The van der Waals surface area contributed by atoms with Crippen LogP contribution < -0.4 is 15.2 Å². The second kappa shape index (κ2) is 8.05. The molecule has 0 aliphatic heterocycles. The zero-order valence-electron chi connectivity index (χ0n) is 11.0. The van der Waals surface area contributed by atoms with Gasteiger partial charge in [-0.25, -0.2) is 4.98 Å². The summed E-state index contributed by atoms with van der Waals surface area (Å²) in [4.78, 5) is 25.5. The summed E-state index contributed by atoms with van der Waals surface area (Å²) in [6.45, 7) is 5.46. The number of carbonyl (C=O) groups excluding carboxylic acids is 2. The van der Waals surface area contributed by atoms with Crippen LogP contribution in [-0.2, 0) is 4.79 Å². The van der Waals surface area contributed by atoms with Crippen molar-refractivity contribution < 1.29 is 19.1 Å². The molecular formula is C12H18N2O4. The highest BCUT2D eigenvalue weighted by molar-refractivity contribution is 5.95. The molecule has 100 valence electrons. The number of aromatic nitrogens is 1. The first-order valence-corrected chi connectivity index (χ1v) is 5.49. The molecule has 0 atom stereocenters. The third-order valence-electron chi connectivity index (χ3n) is 1.57. The quantitative estimate of drug-likeness (QED) is 0.826. The fraction of sp³-hybridized carbons (Fsp3) is 0.417. The highest BCUT2D eigenvalue weighted by Crippen LogP contribution is 2.29. The van der Waals surface area contributed by atoms with Gasteiger partial charge in [-0.05, 0) is 0 Å². The van der Waals surface area contributed by atoms with Gasteiger partial charge in [-0.1, -0.05) is 20.3 Å². The molecule has 0 saturated heterocycles. The largest absolute Gasteiger partial charge is 0.493 e. The summed E-state index contributed by atoms with van der Waals surface area (Å²) < 4.78 is 9.71. The summed E-state index contributed by atoms with van der Waals surface area (Å²) in [6, 6.07) is 1.46. The smallest absolute Gasteiger partial charge is 0.308 e. The summed E-state index contributed by atoms with van der Waals surface area (Å²) in [6.07, 6.45) is 2.59. The van der Waals surface area contributed by atoms with Gasteiger partial charge in [0, 0.05) is 19.2 Å². The van der Waals surface area contributed by atoms with Crippen LogP contribution in [0.25, 0.3) is 0 Å². The van der Waals surface area contributed by atoms with Crippen molar-refractivity contribution in [2.45, 2.75) is 27.2 Å². The fourth-order valence-electron chi connectivity index (χ4n) is 1.01. The first-order chi connectivity index (χ1) is 8.47. The van der Waals surface area contributed by atoms with Crippen LogP contribution in [0.15, 0.2) is 12.3 Å². The molecule has 0 spiro atoms. The van der Waals surface area contributed by atoms with Gasteiger partial charge < -0.3 is 15.2 Å². The number of ether oxygens (including phenoxy) is 2. The molecule has 2 N–H and O–H groups in total. The third-order valence-corrected chi connectivity index (χ3v) is 1.57. The molecule has 0 aliphatic carbocycles. The Labute approximate surface area is 106 Å². The summed E-state index contributed by atoms with van der Waals surface area (Å²) in [7, 11) is 1.38. The number of methoxy groups -OCH3 is 1. The van der Waals surface area contributed by atoms with Gasteiger partial charge in [0.2, 0.25) is 5.75 Å². The third kappa shape index (κ3) is 4.82. The van der Waals surface area contributed by atoms with Crippen molar-refractivity contribution in [1.29, 1.82) is 0 Å². The highest BCUT2D eigenvalue weighted by Gasteiger charge is 2.17. The molecule has 1 amide bonds. The zero-order valence-corrected chi connectivity index (χ0v) is 11.0. The molecule has 18 heavy (non-hydrogen) atoms. The Morgan fingerprint density at radius 2 is 1.94 bits per heavy atom. The van der Waals surface area contributed by atoms with E-state index >= 15 is 0 Å². The van der Waals surface area contributed by atoms with Crippen LogP contribution in [0.5, 0.6) is 11.5 Å². The van der Waals surface area contributed by atoms with Crippen molar-refractivity contribution in [3.63, 3.8) is 0 Å². The monoisotopic (exact) mass is 254 g/mol. The van der Waals surface area contributed by atoms with E-state index in [0.717, 1.165) is 0 Å². The van der Waals surface area contributed by atoms with Gasteiger partial charge in [0.05, 0.1) is 7.11 Å². The van der Waals surface area contributed by atoms with E-state index in [2.05, 4.69) is 18.8 Å². The molecule has 0 aromatic carbocycles. The van der Waals surface area contributed by atoms with Crippen molar-refractivity contribution >= 4 is 11.9 Å². The Bertz CT molecular complexity index is 419. The van der Waals surface area contributed by atoms with Crippen LogP contribution in [0.2, 0.25) is 0 Å². The minimum atomic E-state index is -0.787. The number of primary amides is 1. The van der Waals surface area contributed by atoms with Crippen LogP contribution in [-0.4, -0.2) is 24.0 Å². The second-order valence-electron chi connectivity index (χ2n) is 3.36. The molecule has 0 fully saturated rings. The van der Waals surface area contributed by atoms with E-state index < -0.39 is 11.9 Å². The average molecular weight is 254 g/mol. The fourth-order valence-corrected chi connectivity index (χ4v) is 1.01. The number of amides is 1. The summed E-state index contributed by atoms with van der Waals surface area (Å²) in [5.41, 5.74) is 4.93. The van der Waals surface area contributed by atoms with Gasteiger partial charge in [0.15, 0.2) is 11.4 Å². The molecule has 1 aromatic rings. The molecule has 0 radical (unpaired) electrons. The molecule has 6 nitrogen and oxygen atoms in total. The van der Waals surface area contributed by atoms with Crippen LogP contribution in [0.1, 0.15) is 37.7 Å². The first-order valence-electron chi connectivity index (χ1n) is 5.49. The minimum absolute atomic E-state index is 0.0556. The topological polar surface area (TPSA) is 91.5 Å². The lowest BCUT2D eigenvalue weighted by atomic mass is 10.3. The van der Waals surface area contributed by atoms with Crippen LogP contribution in [0, 0.1) is 0 Å². The van der Waals surface area contributed by atoms with Gasteiger partial charge in [0.1, 0.15) is 0 Å². The molecule has 1 heterocycles. The van der Waals surface area contributed by atoms with E-state index in [4.69, 9.17) is 15.2 Å². The summed E-state index contributed by atoms with van der Waals surface area (Å²) in [5, 5.41) is 0. The van der Waals surface area contributed by atoms with Crippen molar-refractivity contribution in [2.75, 3.05) is 7.11 Å². The van der Waals surface area contributed by atoms with Crippen LogP contribution >= 0.6 is 0 Å². The Morgan fingerprint density at radius 1 is 1.39 bits per heavy atom. The normalized spacial score (nSPS) is 8.89. The number of esters is 1. The Morgan fingerprint density at radius 3 is 2.33 bits per heavy atom. The minimum Gasteiger partial charge on any atom is -0.493 e. The summed E-state index contributed by atoms with van der Waals surface area (Å²) in [5.74, 6) is -1.19. The first kappa shape index (κ1) is 15.9. The Kier molecular flexibility index (Phi) is 7.11. The standard InChI is InChI=1S/C9H10N2O4.C3H8/c1-5(12)15-8-6(14-2)3-4-11-7(8)9(10)13;1-3-2/h3-4H,1-2H3,(H2,10,13);3H2,1-2H3. The molecule has 0 bridgehead atoms.